The quantitative estimate of drug-likeness (QED) is 0.296. The smallest absolute Gasteiger partial charge is 1.00 e. The maximum absolute atomic E-state index is 0. The second-order valence-electron chi connectivity index (χ2n) is 0. The van der Waals surface area contributed by atoms with Gasteiger partial charge in [-0.3, -0.25) is 0 Å². The molecule has 4 heavy (non-hydrogen) atoms. The first kappa shape index (κ1) is 29.1. The summed E-state index contributed by atoms with van der Waals surface area (Å²) in [7, 11) is 0. The van der Waals surface area contributed by atoms with Gasteiger partial charge in [0.2, 0.25) is 0 Å². The molecule has 2 nitrogen and oxygen atoms in total. The van der Waals surface area contributed by atoms with Crippen LogP contribution >= 0.6 is 0 Å². The fourth-order valence-electron chi connectivity index (χ4n) is 0. The molecule has 0 aliphatic heterocycles. The van der Waals surface area contributed by atoms with Crippen LogP contribution in [-0.2, 0) is 0 Å². The SMILES string of the molecule is O.[Ca+2].[H-].[H-].[K+].[OH-]. The molecule has 0 aromatic carbocycles. The summed E-state index contributed by atoms with van der Waals surface area (Å²) in [5.74, 6) is 0. The Morgan fingerprint density at radius 3 is 1.25 bits per heavy atom. The Morgan fingerprint density at radius 1 is 1.25 bits per heavy atom. The molecule has 0 heterocycles. The predicted molar refractivity (Wildman–Crippen MR) is 13.5 cm³/mol. The normalized spacial score (nSPS) is 0. The van der Waals surface area contributed by atoms with E-state index in [1.165, 1.54) is 0 Å². The van der Waals surface area contributed by atoms with Crippen molar-refractivity contribution < 1.29 is 65.2 Å². The van der Waals surface area contributed by atoms with Crippen molar-refractivity contribution in [1.29, 1.82) is 0 Å². The van der Waals surface area contributed by atoms with Crippen molar-refractivity contribution in [2.45, 2.75) is 0 Å². The molecule has 0 spiro atoms. The van der Waals surface area contributed by atoms with Crippen molar-refractivity contribution >= 4 is 37.7 Å². The summed E-state index contributed by atoms with van der Waals surface area (Å²) in [6.07, 6.45) is 0. The van der Waals surface area contributed by atoms with Gasteiger partial charge >= 0.3 is 89.1 Å². The minimum atomic E-state index is 0. The van der Waals surface area contributed by atoms with Crippen LogP contribution in [0.1, 0.15) is 2.85 Å². The van der Waals surface area contributed by atoms with Gasteiger partial charge in [-0.25, -0.2) is 0 Å². The monoisotopic (exact) mass is 116 g/mol. The van der Waals surface area contributed by atoms with E-state index in [0.717, 1.165) is 0 Å². The largest absolute Gasteiger partial charge is 2.00 e. The molecule has 0 unspecified atom stereocenters. The zero-order valence-electron chi connectivity index (χ0n) is 4.65. The fraction of sp³-hybridized carbons (Fsp3) is 0. The Morgan fingerprint density at radius 2 is 1.25 bits per heavy atom. The summed E-state index contributed by atoms with van der Waals surface area (Å²) < 4.78 is 0. The molecule has 0 aromatic heterocycles. The summed E-state index contributed by atoms with van der Waals surface area (Å²) in [5.41, 5.74) is 0. The van der Waals surface area contributed by atoms with Gasteiger partial charge in [0.25, 0.3) is 0 Å². The van der Waals surface area contributed by atoms with Gasteiger partial charge in [-0.05, 0) is 0 Å². The van der Waals surface area contributed by atoms with Crippen LogP contribution in [0.25, 0.3) is 0 Å². The molecule has 0 aliphatic rings. The van der Waals surface area contributed by atoms with E-state index < -0.39 is 0 Å². The van der Waals surface area contributed by atoms with Crippen LogP contribution in [0.15, 0.2) is 0 Å². The van der Waals surface area contributed by atoms with E-state index in [1.807, 2.05) is 0 Å². The Bertz CT molecular complexity index is 11.5. The molecule has 0 bridgehead atoms. The van der Waals surface area contributed by atoms with Gasteiger partial charge in [0.1, 0.15) is 0 Å². The molecule has 0 aliphatic carbocycles. The Labute approximate surface area is 100 Å². The molecule has 0 radical (unpaired) electrons. The maximum atomic E-state index is 0. The molecule has 0 amide bonds. The van der Waals surface area contributed by atoms with Crippen LogP contribution in [0.4, 0.5) is 0 Å². The number of hydrogen-bond donors (Lipinski definition) is 0. The average molecular weight is 116 g/mol. The zero-order valence-corrected chi connectivity index (χ0v) is 7.99. The Balaban J connectivity index is 0. The minimum absolute atomic E-state index is 0. The van der Waals surface area contributed by atoms with Gasteiger partial charge in [-0.15, -0.1) is 0 Å². The third kappa shape index (κ3) is 8.84. The van der Waals surface area contributed by atoms with Crippen LogP contribution < -0.4 is 51.4 Å². The van der Waals surface area contributed by atoms with Crippen LogP contribution in [0.2, 0.25) is 0 Å². The predicted octanol–water partition coefficient (Wildman–Crippen LogP) is -4.15. The van der Waals surface area contributed by atoms with Crippen LogP contribution in [0, 0.1) is 0 Å². The Kier molecular flexibility index (Phi) is 124. The zero-order chi connectivity index (χ0) is 0. The molecular weight excluding hydrogens is 111 g/mol. The van der Waals surface area contributed by atoms with Crippen LogP contribution in [-0.4, -0.2) is 48.7 Å². The molecule has 3 N–H and O–H groups in total. The second kappa shape index (κ2) is 17.0. The van der Waals surface area contributed by atoms with Crippen LogP contribution in [0.3, 0.4) is 0 Å². The van der Waals surface area contributed by atoms with Crippen molar-refractivity contribution in [3.05, 3.63) is 0 Å². The third-order valence-corrected chi connectivity index (χ3v) is 0. The average Bonchev–Trinajstić information content (AvgIpc) is 0. The summed E-state index contributed by atoms with van der Waals surface area (Å²) >= 11 is 0. The van der Waals surface area contributed by atoms with Gasteiger partial charge in [0, 0.05) is 0 Å². The number of hydrogen-bond acceptors (Lipinski definition) is 1. The van der Waals surface area contributed by atoms with Crippen molar-refractivity contribution in [2.75, 3.05) is 0 Å². The molecular formula is H5CaKO2. The van der Waals surface area contributed by atoms with Gasteiger partial charge in [-0.2, -0.15) is 0 Å². The van der Waals surface area contributed by atoms with Gasteiger partial charge in [0.05, 0.1) is 0 Å². The summed E-state index contributed by atoms with van der Waals surface area (Å²) in [6, 6.07) is 0. The molecule has 0 aromatic rings. The molecule has 0 atom stereocenters. The van der Waals surface area contributed by atoms with Crippen molar-refractivity contribution in [1.82, 2.24) is 0 Å². The third-order valence-electron chi connectivity index (χ3n) is 0. The minimum Gasteiger partial charge on any atom is -1.00 e. The molecule has 0 rings (SSSR count). The van der Waals surface area contributed by atoms with E-state index in [2.05, 4.69) is 0 Å². The summed E-state index contributed by atoms with van der Waals surface area (Å²) in [6.45, 7) is 0. The summed E-state index contributed by atoms with van der Waals surface area (Å²) in [5, 5.41) is 0. The topological polar surface area (TPSA) is 61.5 Å². The Hall–Kier alpha value is 2.82. The first-order valence-electron chi connectivity index (χ1n) is 0. The van der Waals surface area contributed by atoms with Crippen LogP contribution in [0.5, 0.6) is 0 Å². The first-order valence-corrected chi connectivity index (χ1v) is 0. The molecule has 4 heteroatoms. The maximum Gasteiger partial charge on any atom is 2.00 e. The van der Waals surface area contributed by atoms with E-state index in [-0.39, 0.29) is 103 Å². The summed E-state index contributed by atoms with van der Waals surface area (Å²) in [4.78, 5) is 0. The molecule has 20 valence electrons. The molecule has 0 saturated carbocycles. The molecule has 0 fully saturated rings. The van der Waals surface area contributed by atoms with Crippen molar-refractivity contribution in [2.24, 2.45) is 0 Å². The van der Waals surface area contributed by atoms with Gasteiger partial charge in [0.15, 0.2) is 0 Å². The van der Waals surface area contributed by atoms with E-state index in [4.69, 9.17) is 0 Å². The van der Waals surface area contributed by atoms with E-state index in [9.17, 15) is 0 Å². The second-order valence-corrected chi connectivity index (χ2v) is 0. The first-order chi connectivity index (χ1) is 0. The van der Waals surface area contributed by atoms with E-state index in [0.29, 0.717) is 0 Å². The number of rotatable bonds is 0. The van der Waals surface area contributed by atoms with Crippen molar-refractivity contribution in [3.8, 4) is 0 Å². The molecule has 0 saturated heterocycles. The van der Waals surface area contributed by atoms with E-state index in [1.54, 1.807) is 0 Å². The fourth-order valence-corrected chi connectivity index (χ4v) is 0. The van der Waals surface area contributed by atoms with Crippen molar-refractivity contribution in [3.63, 3.8) is 0 Å². The van der Waals surface area contributed by atoms with E-state index >= 15 is 0 Å². The standard InChI is InChI=1S/Ca.K.2H2O.2H/h;;2*1H2;;/q+2;+1;;;2*-1/p-1. The van der Waals surface area contributed by atoms with Gasteiger partial charge in [-0.1, -0.05) is 0 Å². The van der Waals surface area contributed by atoms with Gasteiger partial charge < -0.3 is 13.8 Å².